The van der Waals surface area contributed by atoms with Crippen LogP contribution in [0.15, 0.2) is 42.5 Å². The summed E-state index contributed by atoms with van der Waals surface area (Å²) in [6, 6.07) is 15.8. The molecule has 126 valence electrons. The predicted molar refractivity (Wildman–Crippen MR) is 97.6 cm³/mol. The van der Waals surface area contributed by atoms with E-state index in [1.54, 1.807) is 0 Å². The summed E-state index contributed by atoms with van der Waals surface area (Å²) in [4.78, 5) is 0. The van der Waals surface area contributed by atoms with Crippen LogP contribution in [0.3, 0.4) is 0 Å². The molecule has 1 heterocycles. The van der Waals surface area contributed by atoms with Crippen LogP contribution in [0.1, 0.15) is 28.7 Å². The van der Waals surface area contributed by atoms with Gasteiger partial charge in [0.15, 0.2) is 0 Å². The van der Waals surface area contributed by atoms with Gasteiger partial charge in [-0.1, -0.05) is 36.4 Å². The molecule has 1 aliphatic heterocycles. The van der Waals surface area contributed by atoms with Gasteiger partial charge in [0.2, 0.25) is 0 Å². The Kier molecular flexibility index (Phi) is 4.81. The molecule has 0 bridgehead atoms. The SMILES string of the molecule is c1ccc2c(c1)CC(NCCCOc1cccc3c1CNCC3)C2. The van der Waals surface area contributed by atoms with E-state index in [1.807, 2.05) is 0 Å². The van der Waals surface area contributed by atoms with Crippen LogP contribution in [-0.2, 0) is 25.8 Å². The van der Waals surface area contributed by atoms with Crippen molar-refractivity contribution in [2.75, 3.05) is 19.7 Å². The molecule has 2 aliphatic rings. The Hall–Kier alpha value is -1.84. The highest BCUT2D eigenvalue weighted by atomic mass is 16.5. The molecular formula is C21H26N2O. The van der Waals surface area contributed by atoms with Crippen LogP contribution >= 0.6 is 0 Å². The van der Waals surface area contributed by atoms with Crippen LogP contribution in [0.4, 0.5) is 0 Å². The first-order valence-corrected chi connectivity index (χ1v) is 9.14. The van der Waals surface area contributed by atoms with Crippen molar-refractivity contribution >= 4 is 0 Å². The number of hydrogen-bond acceptors (Lipinski definition) is 3. The van der Waals surface area contributed by atoms with Crippen LogP contribution in [-0.4, -0.2) is 25.7 Å². The van der Waals surface area contributed by atoms with Gasteiger partial charge in [0.05, 0.1) is 6.61 Å². The fraction of sp³-hybridized carbons (Fsp3) is 0.429. The molecule has 0 aromatic heterocycles. The summed E-state index contributed by atoms with van der Waals surface area (Å²) >= 11 is 0. The molecule has 0 unspecified atom stereocenters. The van der Waals surface area contributed by atoms with Crippen LogP contribution in [0.25, 0.3) is 0 Å². The van der Waals surface area contributed by atoms with Crippen molar-refractivity contribution in [2.45, 2.75) is 38.3 Å². The van der Waals surface area contributed by atoms with Crippen LogP contribution in [0, 0.1) is 0 Å². The third kappa shape index (κ3) is 3.47. The highest BCUT2D eigenvalue weighted by Crippen LogP contribution is 2.25. The van der Waals surface area contributed by atoms with Crippen molar-refractivity contribution < 1.29 is 4.74 Å². The molecule has 0 saturated carbocycles. The Morgan fingerprint density at radius 2 is 1.79 bits per heavy atom. The highest BCUT2D eigenvalue weighted by Gasteiger charge is 2.19. The molecule has 0 radical (unpaired) electrons. The van der Waals surface area contributed by atoms with E-state index >= 15 is 0 Å². The fourth-order valence-electron chi connectivity index (χ4n) is 3.88. The maximum absolute atomic E-state index is 6.05. The summed E-state index contributed by atoms with van der Waals surface area (Å²) in [5, 5.41) is 7.12. The quantitative estimate of drug-likeness (QED) is 0.803. The average Bonchev–Trinajstić information content (AvgIpc) is 3.04. The van der Waals surface area contributed by atoms with Gasteiger partial charge in [-0.05, 0) is 61.5 Å². The van der Waals surface area contributed by atoms with E-state index in [0.29, 0.717) is 6.04 Å². The lowest BCUT2D eigenvalue weighted by Crippen LogP contribution is -2.31. The smallest absolute Gasteiger partial charge is 0.124 e. The molecule has 1 aliphatic carbocycles. The van der Waals surface area contributed by atoms with Crippen molar-refractivity contribution in [3.63, 3.8) is 0 Å². The molecule has 4 rings (SSSR count). The molecule has 3 heteroatoms. The summed E-state index contributed by atoms with van der Waals surface area (Å²) in [6.07, 6.45) is 4.48. The van der Waals surface area contributed by atoms with Gasteiger partial charge in [0.25, 0.3) is 0 Å². The van der Waals surface area contributed by atoms with Crippen molar-refractivity contribution in [3.05, 3.63) is 64.7 Å². The Balaban J connectivity index is 1.21. The molecule has 3 nitrogen and oxygen atoms in total. The van der Waals surface area contributed by atoms with Crippen LogP contribution in [0.5, 0.6) is 5.75 Å². The molecule has 0 saturated heterocycles. The normalized spacial score (nSPS) is 16.7. The molecule has 0 amide bonds. The van der Waals surface area contributed by atoms with Gasteiger partial charge >= 0.3 is 0 Å². The summed E-state index contributed by atoms with van der Waals surface area (Å²) in [5.74, 6) is 1.06. The Morgan fingerprint density at radius 3 is 2.62 bits per heavy atom. The maximum atomic E-state index is 6.05. The van der Waals surface area contributed by atoms with Gasteiger partial charge in [-0.25, -0.2) is 0 Å². The topological polar surface area (TPSA) is 33.3 Å². The number of rotatable bonds is 6. The summed E-state index contributed by atoms with van der Waals surface area (Å²) in [6.45, 7) is 3.81. The molecule has 0 spiro atoms. The summed E-state index contributed by atoms with van der Waals surface area (Å²) < 4.78 is 6.05. The minimum atomic E-state index is 0.594. The van der Waals surface area contributed by atoms with E-state index in [1.165, 1.54) is 22.3 Å². The lowest BCUT2D eigenvalue weighted by Gasteiger charge is -2.20. The second kappa shape index (κ2) is 7.37. The Labute approximate surface area is 144 Å². The number of nitrogens with one attached hydrogen (secondary N) is 2. The highest BCUT2D eigenvalue weighted by molar-refractivity contribution is 5.41. The van der Waals surface area contributed by atoms with E-state index in [0.717, 1.165) is 57.7 Å². The van der Waals surface area contributed by atoms with E-state index < -0.39 is 0 Å². The lowest BCUT2D eigenvalue weighted by molar-refractivity contribution is 0.300. The zero-order chi connectivity index (χ0) is 16.2. The number of benzene rings is 2. The Bertz CT molecular complexity index is 673. The van der Waals surface area contributed by atoms with Crippen molar-refractivity contribution in [2.24, 2.45) is 0 Å². The molecule has 0 fully saturated rings. The van der Waals surface area contributed by atoms with Gasteiger partial charge in [-0.3, -0.25) is 0 Å². The first-order chi connectivity index (χ1) is 11.9. The van der Waals surface area contributed by atoms with Crippen LogP contribution < -0.4 is 15.4 Å². The molecule has 0 atom stereocenters. The summed E-state index contributed by atoms with van der Waals surface area (Å²) in [7, 11) is 0. The standard InChI is InChI=1S/C21H26N2O/c1-2-6-18-14-19(13-17(18)5-1)23-10-4-12-24-21-8-3-7-16-9-11-22-15-20(16)21/h1-3,5-8,19,22-23H,4,9-15H2. The Morgan fingerprint density at radius 1 is 1.00 bits per heavy atom. The fourth-order valence-corrected chi connectivity index (χ4v) is 3.88. The van der Waals surface area contributed by atoms with E-state index in [2.05, 4.69) is 53.1 Å². The molecular weight excluding hydrogens is 296 g/mol. The van der Waals surface area contributed by atoms with E-state index in [4.69, 9.17) is 4.74 Å². The molecule has 2 N–H and O–H groups in total. The average molecular weight is 322 g/mol. The lowest BCUT2D eigenvalue weighted by atomic mass is 10.0. The molecule has 2 aromatic carbocycles. The zero-order valence-corrected chi connectivity index (χ0v) is 14.2. The largest absolute Gasteiger partial charge is 0.493 e. The minimum absolute atomic E-state index is 0.594. The van der Waals surface area contributed by atoms with Gasteiger partial charge in [0, 0.05) is 18.2 Å². The second-order valence-electron chi connectivity index (χ2n) is 6.85. The van der Waals surface area contributed by atoms with E-state index in [9.17, 15) is 0 Å². The summed E-state index contributed by atoms with van der Waals surface area (Å²) in [5.41, 5.74) is 5.81. The van der Waals surface area contributed by atoms with Crippen LogP contribution in [0.2, 0.25) is 0 Å². The molecule has 2 aromatic rings. The van der Waals surface area contributed by atoms with Crippen molar-refractivity contribution in [1.29, 1.82) is 0 Å². The van der Waals surface area contributed by atoms with Gasteiger partial charge < -0.3 is 15.4 Å². The monoisotopic (exact) mass is 322 g/mol. The predicted octanol–water partition coefficient (Wildman–Crippen LogP) is 2.86. The molecule has 24 heavy (non-hydrogen) atoms. The van der Waals surface area contributed by atoms with E-state index in [-0.39, 0.29) is 0 Å². The van der Waals surface area contributed by atoms with Crippen molar-refractivity contribution in [1.82, 2.24) is 10.6 Å². The zero-order valence-electron chi connectivity index (χ0n) is 14.2. The number of ether oxygens (including phenoxy) is 1. The van der Waals surface area contributed by atoms with Gasteiger partial charge in [-0.2, -0.15) is 0 Å². The van der Waals surface area contributed by atoms with Crippen molar-refractivity contribution in [3.8, 4) is 5.75 Å². The first-order valence-electron chi connectivity index (χ1n) is 9.14. The van der Waals surface area contributed by atoms with Gasteiger partial charge in [-0.15, -0.1) is 0 Å². The number of fused-ring (bicyclic) bond motifs is 2. The maximum Gasteiger partial charge on any atom is 0.124 e. The third-order valence-electron chi connectivity index (χ3n) is 5.17. The first kappa shape index (κ1) is 15.7. The third-order valence-corrected chi connectivity index (χ3v) is 5.17. The number of hydrogen-bond donors (Lipinski definition) is 2. The minimum Gasteiger partial charge on any atom is -0.493 e. The second-order valence-corrected chi connectivity index (χ2v) is 6.85. The van der Waals surface area contributed by atoms with Gasteiger partial charge in [0.1, 0.15) is 5.75 Å².